The molecule has 2 rings (SSSR count). The van der Waals surface area contributed by atoms with Gasteiger partial charge < -0.3 is 10.1 Å². The van der Waals surface area contributed by atoms with Crippen molar-refractivity contribution in [3.05, 3.63) is 74.8 Å². The van der Waals surface area contributed by atoms with Gasteiger partial charge in [-0.25, -0.2) is 0 Å². The maximum atomic E-state index is 12.1. The topological polar surface area (TPSA) is 98.5 Å². The van der Waals surface area contributed by atoms with Gasteiger partial charge in [-0.15, -0.1) is 0 Å². The van der Waals surface area contributed by atoms with Crippen LogP contribution in [-0.4, -0.2) is 23.3 Å². The molecule has 2 aromatic rings. The van der Waals surface area contributed by atoms with E-state index < -0.39 is 17.0 Å². The zero-order valence-electron chi connectivity index (χ0n) is 14.8. The van der Waals surface area contributed by atoms with Crippen LogP contribution in [0.25, 0.3) is 0 Å². The number of non-ortho nitro benzene ring substituents is 1. The highest BCUT2D eigenvalue weighted by Gasteiger charge is 2.16. The van der Waals surface area contributed by atoms with Gasteiger partial charge in [0, 0.05) is 17.7 Å². The molecule has 7 heteroatoms. The van der Waals surface area contributed by atoms with Crippen LogP contribution in [0, 0.1) is 24.0 Å². The molecule has 0 bridgehead atoms. The van der Waals surface area contributed by atoms with E-state index in [0.29, 0.717) is 11.1 Å². The van der Waals surface area contributed by atoms with Crippen molar-refractivity contribution >= 4 is 17.6 Å². The normalized spacial score (nSPS) is 11.5. The fraction of sp³-hybridized carbons (Fsp3) is 0.263. The van der Waals surface area contributed by atoms with Crippen molar-refractivity contribution in [1.82, 2.24) is 5.32 Å². The number of amides is 1. The summed E-state index contributed by atoms with van der Waals surface area (Å²) in [4.78, 5) is 34.3. The fourth-order valence-electron chi connectivity index (χ4n) is 2.34. The summed E-state index contributed by atoms with van der Waals surface area (Å²) in [5.74, 6) is -0.991. The molecule has 0 aliphatic rings. The second-order valence-corrected chi connectivity index (χ2v) is 5.97. The first-order chi connectivity index (χ1) is 12.3. The maximum Gasteiger partial charge on any atom is 0.326 e. The van der Waals surface area contributed by atoms with Gasteiger partial charge in [-0.3, -0.25) is 19.7 Å². The van der Waals surface area contributed by atoms with Crippen molar-refractivity contribution in [2.75, 3.05) is 6.54 Å². The molecule has 0 spiro atoms. The average Bonchev–Trinajstić information content (AvgIpc) is 2.62. The lowest BCUT2D eigenvalue weighted by Gasteiger charge is -2.14. The minimum Gasteiger partial charge on any atom is -0.456 e. The molecule has 7 nitrogen and oxygen atoms in total. The Balaban J connectivity index is 1.91. The molecule has 0 radical (unpaired) electrons. The number of nitro groups is 1. The second-order valence-electron chi connectivity index (χ2n) is 5.97. The highest BCUT2D eigenvalue weighted by molar-refractivity contribution is 5.96. The standard InChI is InChI=1S/C19H20N2O5/c1-12-7-8-16(9-13(12)2)19(23)20-11-18(22)26-14(3)15-5-4-6-17(10-15)21(24)25/h4-10,14H,11H2,1-3H3,(H,20,23)/t14-/m0/s1. The van der Waals surface area contributed by atoms with Gasteiger partial charge in [0.2, 0.25) is 0 Å². The Morgan fingerprint density at radius 3 is 2.54 bits per heavy atom. The number of carbonyl (C=O) groups excluding carboxylic acids is 2. The number of hydrogen-bond donors (Lipinski definition) is 1. The van der Waals surface area contributed by atoms with Crippen LogP contribution in [0.4, 0.5) is 5.69 Å². The average molecular weight is 356 g/mol. The van der Waals surface area contributed by atoms with E-state index in [-0.39, 0.29) is 18.1 Å². The third kappa shape index (κ3) is 4.89. The fourth-order valence-corrected chi connectivity index (χ4v) is 2.34. The van der Waals surface area contributed by atoms with E-state index in [9.17, 15) is 19.7 Å². The van der Waals surface area contributed by atoms with Crippen molar-refractivity contribution < 1.29 is 19.2 Å². The summed E-state index contributed by atoms with van der Waals surface area (Å²) in [6, 6.07) is 11.2. The van der Waals surface area contributed by atoms with Crippen LogP contribution in [0.3, 0.4) is 0 Å². The van der Waals surface area contributed by atoms with Crippen LogP contribution >= 0.6 is 0 Å². The lowest BCUT2D eigenvalue weighted by atomic mass is 10.1. The predicted octanol–water partition coefficient (Wildman–Crippen LogP) is 3.25. The molecule has 0 unspecified atom stereocenters. The lowest BCUT2D eigenvalue weighted by molar-refractivity contribution is -0.385. The Morgan fingerprint density at radius 2 is 1.88 bits per heavy atom. The first-order valence-electron chi connectivity index (χ1n) is 8.07. The molecule has 0 saturated carbocycles. The highest BCUT2D eigenvalue weighted by Crippen LogP contribution is 2.21. The minimum absolute atomic E-state index is 0.0755. The first-order valence-corrected chi connectivity index (χ1v) is 8.07. The van der Waals surface area contributed by atoms with Gasteiger partial charge in [-0.05, 0) is 49.6 Å². The van der Waals surface area contributed by atoms with Gasteiger partial charge in [-0.2, -0.15) is 0 Å². The van der Waals surface area contributed by atoms with Crippen LogP contribution in [0.1, 0.15) is 40.1 Å². The Kier molecular flexibility index (Phi) is 6.06. The van der Waals surface area contributed by atoms with Gasteiger partial charge >= 0.3 is 5.97 Å². The van der Waals surface area contributed by atoms with Gasteiger partial charge in [0.1, 0.15) is 12.6 Å². The summed E-state index contributed by atoms with van der Waals surface area (Å²) in [6.45, 7) is 5.18. The van der Waals surface area contributed by atoms with Gasteiger partial charge in [-0.1, -0.05) is 18.2 Å². The van der Waals surface area contributed by atoms with Crippen molar-refractivity contribution in [3.8, 4) is 0 Å². The van der Waals surface area contributed by atoms with E-state index in [0.717, 1.165) is 11.1 Å². The minimum atomic E-state index is -0.666. The summed E-state index contributed by atoms with van der Waals surface area (Å²) in [5.41, 5.74) is 2.96. The van der Waals surface area contributed by atoms with Crippen molar-refractivity contribution in [2.24, 2.45) is 0 Å². The molecule has 0 heterocycles. The van der Waals surface area contributed by atoms with E-state index >= 15 is 0 Å². The summed E-state index contributed by atoms with van der Waals surface area (Å²) in [6.07, 6.45) is -0.666. The lowest BCUT2D eigenvalue weighted by Crippen LogP contribution is -2.31. The van der Waals surface area contributed by atoms with Gasteiger partial charge in [0.05, 0.1) is 4.92 Å². The smallest absolute Gasteiger partial charge is 0.326 e. The van der Waals surface area contributed by atoms with E-state index in [1.54, 1.807) is 25.1 Å². The molecular formula is C19H20N2O5. The third-order valence-corrected chi connectivity index (χ3v) is 4.02. The van der Waals surface area contributed by atoms with Crippen LogP contribution in [-0.2, 0) is 9.53 Å². The monoisotopic (exact) mass is 356 g/mol. The Bertz CT molecular complexity index is 848. The maximum absolute atomic E-state index is 12.1. The number of carbonyl (C=O) groups is 2. The molecular weight excluding hydrogens is 336 g/mol. The molecule has 1 atom stereocenters. The van der Waals surface area contributed by atoms with Crippen molar-refractivity contribution in [2.45, 2.75) is 26.9 Å². The molecule has 136 valence electrons. The number of esters is 1. The summed E-state index contributed by atoms with van der Waals surface area (Å²) in [7, 11) is 0. The number of ether oxygens (including phenoxy) is 1. The number of benzene rings is 2. The Labute approximate surface area is 151 Å². The van der Waals surface area contributed by atoms with Crippen molar-refractivity contribution in [3.63, 3.8) is 0 Å². The molecule has 0 aliphatic carbocycles. The zero-order valence-corrected chi connectivity index (χ0v) is 14.8. The second kappa shape index (κ2) is 8.24. The largest absolute Gasteiger partial charge is 0.456 e. The SMILES string of the molecule is Cc1ccc(C(=O)NCC(=O)O[C@@H](C)c2cccc([N+](=O)[O-])c2)cc1C. The van der Waals surface area contributed by atoms with Crippen LogP contribution in [0.5, 0.6) is 0 Å². The van der Waals surface area contributed by atoms with Gasteiger partial charge in [0.25, 0.3) is 11.6 Å². The molecule has 2 aromatic carbocycles. The number of nitro benzene ring substituents is 1. The molecule has 0 aromatic heterocycles. The zero-order chi connectivity index (χ0) is 19.3. The van der Waals surface area contributed by atoms with Crippen molar-refractivity contribution in [1.29, 1.82) is 0 Å². The summed E-state index contributed by atoms with van der Waals surface area (Å²) >= 11 is 0. The van der Waals surface area contributed by atoms with E-state index in [1.807, 2.05) is 19.9 Å². The molecule has 1 amide bonds. The van der Waals surface area contributed by atoms with Crippen LogP contribution in [0.15, 0.2) is 42.5 Å². The van der Waals surface area contributed by atoms with Crippen LogP contribution < -0.4 is 5.32 Å². The highest BCUT2D eigenvalue weighted by atomic mass is 16.6. The first kappa shape index (κ1) is 19.1. The number of nitrogens with zero attached hydrogens (tertiary/aromatic N) is 1. The van der Waals surface area contributed by atoms with Gasteiger partial charge in [0.15, 0.2) is 0 Å². The third-order valence-electron chi connectivity index (χ3n) is 4.02. The van der Waals surface area contributed by atoms with Crippen LogP contribution in [0.2, 0.25) is 0 Å². The molecule has 0 aliphatic heterocycles. The summed E-state index contributed by atoms with van der Waals surface area (Å²) < 4.78 is 5.22. The van der Waals surface area contributed by atoms with E-state index in [2.05, 4.69) is 5.32 Å². The van der Waals surface area contributed by atoms with E-state index in [4.69, 9.17) is 4.74 Å². The Morgan fingerprint density at radius 1 is 1.15 bits per heavy atom. The van der Waals surface area contributed by atoms with E-state index in [1.165, 1.54) is 18.2 Å². The quantitative estimate of drug-likeness (QED) is 0.487. The number of nitrogens with one attached hydrogen (secondary N) is 1. The molecule has 1 N–H and O–H groups in total. The summed E-state index contributed by atoms with van der Waals surface area (Å²) in [5, 5.41) is 13.3. The molecule has 0 fully saturated rings. The number of rotatable bonds is 6. The number of aryl methyl sites for hydroxylation is 2. The molecule has 0 saturated heterocycles. The predicted molar refractivity (Wildman–Crippen MR) is 95.9 cm³/mol. The number of hydrogen-bond acceptors (Lipinski definition) is 5. The Hall–Kier alpha value is -3.22. The molecule has 26 heavy (non-hydrogen) atoms.